The molecule has 1 atom stereocenters. The Morgan fingerprint density at radius 2 is 1.60 bits per heavy atom. The summed E-state index contributed by atoms with van der Waals surface area (Å²) in [6.07, 6.45) is 11.0. The first-order chi connectivity index (χ1) is 17.1. The summed E-state index contributed by atoms with van der Waals surface area (Å²) in [4.78, 5) is 16.9. The highest BCUT2D eigenvalue weighted by atomic mass is 16.5. The summed E-state index contributed by atoms with van der Waals surface area (Å²) >= 11 is 0. The standard InChI is InChI=1S/C27H51N5O3/c1-4-35-26(33)20(2)32-15-13-31(14-16-32)19-21-5-9-24(10-6-21)30-27-28-17-23(18-29-27)22-7-11-25(34-3)12-8-22/h20-25,27-30H,4-19H2,1-3H3. The number of nitrogens with one attached hydrogen (secondary N) is 3. The fraction of sp³-hybridized carbons (Fsp3) is 0.963. The van der Waals surface area contributed by atoms with Gasteiger partial charge in [-0.25, -0.2) is 0 Å². The van der Waals surface area contributed by atoms with Crippen LogP contribution in [-0.2, 0) is 14.3 Å². The number of carbonyl (C=O) groups is 1. The molecular weight excluding hydrogens is 442 g/mol. The first-order valence-corrected chi connectivity index (χ1v) is 14.4. The van der Waals surface area contributed by atoms with Crippen molar-refractivity contribution in [3.63, 3.8) is 0 Å². The van der Waals surface area contributed by atoms with Crippen molar-refractivity contribution in [1.82, 2.24) is 25.8 Å². The predicted octanol–water partition coefficient (Wildman–Crippen LogP) is 2.00. The minimum atomic E-state index is -0.124. The van der Waals surface area contributed by atoms with Gasteiger partial charge in [0.2, 0.25) is 0 Å². The zero-order valence-corrected chi connectivity index (χ0v) is 22.5. The van der Waals surface area contributed by atoms with Gasteiger partial charge in [0.25, 0.3) is 0 Å². The largest absolute Gasteiger partial charge is 0.465 e. The summed E-state index contributed by atoms with van der Waals surface area (Å²) in [5, 5.41) is 11.3. The molecule has 3 N–H and O–H groups in total. The minimum Gasteiger partial charge on any atom is -0.465 e. The van der Waals surface area contributed by atoms with E-state index in [-0.39, 0.29) is 18.3 Å². The second-order valence-electron chi connectivity index (χ2n) is 11.4. The molecule has 0 aromatic rings. The van der Waals surface area contributed by atoms with Crippen LogP contribution in [0.15, 0.2) is 0 Å². The van der Waals surface area contributed by atoms with E-state index in [1.165, 1.54) is 57.9 Å². The van der Waals surface area contributed by atoms with Crippen molar-refractivity contribution >= 4 is 5.97 Å². The Balaban J connectivity index is 1.08. The van der Waals surface area contributed by atoms with Gasteiger partial charge in [-0.3, -0.25) is 25.6 Å². The van der Waals surface area contributed by atoms with E-state index in [0.29, 0.717) is 18.8 Å². The highest BCUT2D eigenvalue weighted by Crippen LogP contribution is 2.32. The third-order valence-electron chi connectivity index (χ3n) is 9.24. The van der Waals surface area contributed by atoms with Gasteiger partial charge in [0, 0.05) is 59.0 Å². The Kier molecular flexibility index (Phi) is 10.7. The van der Waals surface area contributed by atoms with Gasteiger partial charge in [-0.15, -0.1) is 0 Å². The maximum Gasteiger partial charge on any atom is 0.323 e. The van der Waals surface area contributed by atoms with Crippen molar-refractivity contribution < 1.29 is 14.3 Å². The average Bonchev–Trinajstić information content (AvgIpc) is 2.90. The number of nitrogens with zero attached hydrogens (tertiary/aromatic N) is 2. The van der Waals surface area contributed by atoms with E-state index in [9.17, 15) is 4.79 Å². The normalized spacial score (nSPS) is 36.5. The number of ether oxygens (including phenoxy) is 2. The maximum absolute atomic E-state index is 12.0. The van der Waals surface area contributed by atoms with Crippen LogP contribution in [0.5, 0.6) is 0 Å². The molecule has 0 amide bonds. The fourth-order valence-electron chi connectivity index (χ4n) is 6.79. The quantitative estimate of drug-likeness (QED) is 0.421. The van der Waals surface area contributed by atoms with Crippen molar-refractivity contribution in [3.05, 3.63) is 0 Å². The third-order valence-corrected chi connectivity index (χ3v) is 9.24. The lowest BCUT2D eigenvalue weighted by Crippen LogP contribution is -2.63. The highest BCUT2D eigenvalue weighted by Gasteiger charge is 2.32. The van der Waals surface area contributed by atoms with Crippen LogP contribution >= 0.6 is 0 Å². The molecule has 0 radical (unpaired) electrons. The molecule has 0 aromatic heterocycles. The molecule has 0 bridgehead atoms. The lowest BCUT2D eigenvalue weighted by Gasteiger charge is -2.41. The van der Waals surface area contributed by atoms with Crippen LogP contribution in [0.25, 0.3) is 0 Å². The van der Waals surface area contributed by atoms with Crippen molar-refractivity contribution in [2.24, 2.45) is 17.8 Å². The van der Waals surface area contributed by atoms with E-state index in [4.69, 9.17) is 9.47 Å². The van der Waals surface area contributed by atoms with E-state index in [2.05, 4.69) is 25.8 Å². The Bertz CT molecular complexity index is 620. The van der Waals surface area contributed by atoms with Gasteiger partial charge in [0.05, 0.1) is 12.7 Å². The number of piperazine rings is 1. The van der Waals surface area contributed by atoms with Crippen molar-refractivity contribution in [2.45, 2.75) is 89.7 Å². The van der Waals surface area contributed by atoms with Crippen molar-refractivity contribution in [1.29, 1.82) is 0 Å². The molecule has 8 heteroatoms. The molecule has 2 aliphatic carbocycles. The smallest absolute Gasteiger partial charge is 0.323 e. The van der Waals surface area contributed by atoms with E-state index in [1.54, 1.807) is 0 Å². The zero-order valence-electron chi connectivity index (χ0n) is 22.5. The number of esters is 1. The Labute approximate surface area is 213 Å². The summed E-state index contributed by atoms with van der Waals surface area (Å²) in [5.41, 5.74) is 0. The molecule has 35 heavy (non-hydrogen) atoms. The molecule has 4 fully saturated rings. The van der Waals surface area contributed by atoms with Gasteiger partial charge in [0.15, 0.2) is 0 Å². The Morgan fingerprint density at radius 3 is 2.20 bits per heavy atom. The topological polar surface area (TPSA) is 78.1 Å². The van der Waals surface area contributed by atoms with Gasteiger partial charge < -0.3 is 14.4 Å². The SMILES string of the molecule is CCOC(=O)C(C)N1CCN(CC2CCC(NC3NCC(C4CCC(OC)CC4)CN3)CC2)CC1. The van der Waals surface area contributed by atoms with Crippen LogP contribution in [0.1, 0.15) is 65.2 Å². The van der Waals surface area contributed by atoms with Crippen LogP contribution in [0.3, 0.4) is 0 Å². The lowest BCUT2D eigenvalue weighted by atomic mass is 9.78. The molecule has 2 saturated heterocycles. The molecule has 0 spiro atoms. The van der Waals surface area contributed by atoms with Crippen molar-refractivity contribution in [3.8, 4) is 0 Å². The number of carbonyl (C=O) groups excluding carboxylic acids is 1. The fourth-order valence-corrected chi connectivity index (χ4v) is 6.79. The predicted molar refractivity (Wildman–Crippen MR) is 139 cm³/mol. The van der Waals surface area contributed by atoms with Crippen LogP contribution in [0, 0.1) is 17.8 Å². The average molecular weight is 494 g/mol. The minimum absolute atomic E-state index is 0.0848. The number of hydrogen-bond acceptors (Lipinski definition) is 8. The molecule has 2 aliphatic heterocycles. The number of methoxy groups -OCH3 is 1. The van der Waals surface area contributed by atoms with Gasteiger partial charge in [-0.05, 0) is 83.0 Å². The molecule has 0 aromatic carbocycles. The Hall–Kier alpha value is -0.770. The summed E-state index contributed by atoms with van der Waals surface area (Å²) in [6, 6.07) is 0.494. The molecular formula is C27H51N5O3. The van der Waals surface area contributed by atoms with E-state index in [1.807, 2.05) is 21.0 Å². The summed E-state index contributed by atoms with van der Waals surface area (Å²) in [7, 11) is 1.86. The molecule has 8 nitrogen and oxygen atoms in total. The monoisotopic (exact) mass is 493 g/mol. The first kappa shape index (κ1) is 27.3. The summed E-state index contributed by atoms with van der Waals surface area (Å²) < 4.78 is 10.7. The van der Waals surface area contributed by atoms with Crippen LogP contribution in [0.2, 0.25) is 0 Å². The molecule has 202 valence electrons. The molecule has 1 unspecified atom stereocenters. The lowest BCUT2D eigenvalue weighted by molar-refractivity contribution is -0.149. The van der Waals surface area contributed by atoms with Crippen LogP contribution < -0.4 is 16.0 Å². The molecule has 2 saturated carbocycles. The van der Waals surface area contributed by atoms with Gasteiger partial charge >= 0.3 is 5.97 Å². The van der Waals surface area contributed by atoms with Gasteiger partial charge in [-0.2, -0.15) is 0 Å². The third kappa shape index (κ3) is 7.86. The van der Waals surface area contributed by atoms with E-state index in [0.717, 1.165) is 57.0 Å². The second kappa shape index (κ2) is 13.7. The number of hydrogen-bond donors (Lipinski definition) is 3. The molecule has 4 rings (SSSR count). The van der Waals surface area contributed by atoms with E-state index < -0.39 is 0 Å². The van der Waals surface area contributed by atoms with Gasteiger partial charge in [0.1, 0.15) is 12.3 Å². The maximum atomic E-state index is 12.0. The van der Waals surface area contributed by atoms with Crippen LogP contribution in [0.4, 0.5) is 0 Å². The zero-order chi connectivity index (χ0) is 24.6. The Morgan fingerprint density at radius 1 is 0.943 bits per heavy atom. The van der Waals surface area contributed by atoms with E-state index >= 15 is 0 Å². The van der Waals surface area contributed by atoms with Crippen LogP contribution in [-0.4, -0.2) is 99.8 Å². The van der Waals surface area contributed by atoms with Crippen molar-refractivity contribution in [2.75, 3.05) is 59.5 Å². The first-order valence-electron chi connectivity index (χ1n) is 14.4. The highest BCUT2D eigenvalue weighted by molar-refractivity contribution is 5.75. The molecule has 2 heterocycles. The van der Waals surface area contributed by atoms with Gasteiger partial charge in [-0.1, -0.05) is 0 Å². The second-order valence-corrected chi connectivity index (χ2v) is 11.4. The number of rotatable bonds is 9. The summed E-state index contributed by atoms with van der Waals surface area (Å²) in [6.45, 7) is 11.8. The summed E-state index contributed by atoms with van der Waals surface area (Å²) in [5.74, 6) is 2.31. The molecule has 4 aliphatic rings.